The molecule has 0 saturated carbocycles. The van der Waals surface area contributed by atoms with E-state index in [9.17, 15) is 9.18 Å². The van der Waals surface area contributed by atoms with Gasteiger partial charge in [0, 0.05) is 12.5 Å². The van der Waals surface area contributed by atoms with E-state index < -0.39 is 0 Å². The highest BCUT2D eigenvalue weighted by atomic mass is 19.1. The second-order valence-electron chi connectivity index (χ2n) is 7.18. The zero-order valence-corrected chi connectivity index (χ0v) is 15.6. The normalized spacial score (nSPS) is 16.2. The van der Waals surface area contributed by atoms with Gasteiger partial charge in [-0.3, -0.25) is 9.69 Å². The lowest BCUT2D eigenvalue weighted by Gasteiger charge is -2.28. The van der Waals surface area contributed by atoms with Crippen LogP contribution in [-0.4, -0.2) is 35.6 Å². The fourth-order valence-corrected chi connectivity index (χ4v) is 3.53. The van der Waals surface area contributed by atoms with E-state index in [-0.39, 0.29) is 23.7 Å². The number of carbonyl (C=O) groups is 1. The van der Waals surface area contributed by atoms with Crippen molar-refractivity contribution in [3.05, 3.63) is 52.7 Å². The molecule has 1 aromatic heterocycles. The Morgan fingerprint density at radius 2 is 1.92 bits per heavy atom. The van der Waals surface area contributed by atoms with Crippen LogP contribution in [0.1, 0.15) is 66.0 Å². The van der Waals surface area contributed by atoms with Gasteiger partial charge in [-0.15, -0.1) is 0 Å². The minimum Gasteiger partial charge on any atom is -0.360 e. The second-order valence-corrected chi connectivity index (χ2v) is 7.18. The van der Waals surface area contributed by atoms with E-state index in [0.717, 1.165) is 31.5 Å². The Bertz CT molecular complexity index is 749. The average molecular weight is 359 g/mol. The molecule has 1 aromatic carbocycles. The van der Waals surface area contributed by atoms with Gasteiger partial charge in [0.1, 0.15) is 11.4 Å². The van der Waals surface area contributed by atoms with Crippen LogP contribution in [0.3, 0.4) is 0 Å². The van der Waals surface area contributed by atoms with Crippen molar-refractivity contribution in [2.45, 2.75) is 45.6 Å². The lowest BCUT2D eigenvalue weighted by Crippen LogP contribution is -2.37. The molecule has 2 aromatic rings. The van der Waals surface area contributed by atoms with Crippen molar-refractivity contribution in [3.63, 3.8) is 0 Å². The number of hydrogen-bond acceptors (Lipinski definition) is 4. The third kappa shape index (κ3) is 3.96. The summed E-state index contributed by atoms with van der Waals surface area (Å²) in [5.74, 6) is 0.279. The number of likely N-dealkylation sites (tertiary alicyclic amines) is 1. The molecule has 1 fully saturated rings. The summed E-state index contributed by atoms with van der Waals surface area (Å²) in [6, 6.07) is 6.58. The number of nitrogens with one attached hydrogen (secondary N) is 1. The molecule has 0 spiro atoms. The Kier molecular flexibility index (Phi) is 5.71. The zero-order chi connectivity index (χ0) is 18.7. The van der Waals surface area contributed by atoms with Crippen molar-refractivity contribution >= 4 is 5.91 Å². The number of carbonyl (C=O) groups excluding carboxylic acids is 1. The SMILES string of the molecule is Cc1noc(C(C)C)c1C(=O)NCC(c1ccc(F)cc1)N1CCCC1. The van der Waals surface area contributed by atoms with Crippen LogP contribution in [-0.2, 0) is 0 Å². The largest absolute Gasteiger partial charge is 0.360 e. The molecule has 2 heterocycles. The number of hydrogen-bond donors (Lipinski definition) is 1. The molecular weight excluding hydrogens is 333 g/mol. The molecule has 1 aliphatic heterocycles. The Morgan fingerprint density at radius 1 is 1.27 bits per heavy atom. The molecule has 6 heteroatoms. The van der Waals surface area contributed by atoms with Gasteiger partial charge in [-0.1, -0.05) is 31.1 Å². The van der Waals surface area contributed by atoms with Gasteiger partial charge in [0.2, 0.25) is 0 Å². The van der Waals surface area contributed by atoms with Crippen LogP contribution in [0.2, 0.25) is 0 Å². The molecule has 1 aliphatic rings. The van der Waals surface area contributed by atoms with Crippen LogP contribution in [0.5, 0.6) is 0 Å². The van der Waals surface area contributed by atoms with Gasteiger partial charge in [0.05, 0.1) is 11.7 Å². The van der Waals surface area contributed by atoms with Crippen molar-refractivity contribution in [1.82, 2.24) is 15.4 Å². The van der Waals surface area contributed by atoms with Crippen molar-refractivity contribution in [2.75, 3.05) is 19.6 Å². The van der Waals surface area contributed by atoms with Crippen LogP contribution in [0.4, 0.5) is 4.39 Å². The maximum Gasteiger partial charge on any atom is 0.256 e. The monoisotopic (exact) mass is 359 g/mol. The molecular formula is C20H26FN3O2. The van der Waals surface area contributed by atoms with Gasteiger partial charge in [-0.2, -0.15) is 0 Å². The maximum absolute atomic E-state index is 13.3. The highest BCUT2D eigenvalue weighted by Crippen LogP contribution is 2.26. The summed E-state index contributed by atoms with van der Waals surface area (Å²) in [5, 5.41) is 6.98. The Morgan fingerprint density at radius 3 is 2.54 bits per heavy atom. The van der Waals surface area contributed by atoms with Gasteiger partial charge in [0.15, 0.2) is 5.76 Å². The predicted molar refractivity (Wildman–Crippen MR) is 97.6 cm³/mol. The molecule has 1 N–H and O–H groups in total. The van der Waals surface area contributed by atoms with Gasteiger partial charge < -0.3 is 9.84 Å². The van der Waals surface area contributed by atoms with Crippen LogP contribution in [0, 0.1) is 12.7 Å². The summed E-state index contributed by atoms with van der Waals surface area (Å²) in [7, 11) is 0. The summed E-state index contributed by atoms with van der Waals surface area (Å²) in [5.41, 5.74) is 2.14. The van der Waals surface area contributed by atoms with Crippen molar-refractivity contribution in [1.29, 1.82) is 0 Å². The molecule has 0 radical (unpaired) electrons. The van der Waals surface area contributed by atoms with E-state index >= 15 is 0 Å². The van der Waals surface area contributed by atoms with E-state index in [4.69, 9.17) is 4.52 Å². The van der Waals surface area contributed by atoms with Gasteiger partial charge in [-0.05, 0) is 50.6 Å². The molecule has 140 valence electrons. The predicted octanol–water partition coefficient (Wildman–Crippen LogP) is 3.81. The minimum atomic E-state index is -0.250. The summed E-state index contributed by atoms with van der Waals surface area (Å²) in [6.07, 6.45) is 2.29. The summed E-state index contributed by atoms with van der Waals surface area (Å²) in [6.45, 7) is 8.17. The van der Waals surface area contributed by atoms with Crippen molar-refractivity contribution in [3.8, 4) is 0 Å². The van der Waals surface area contributed by atoms with Crippen LogP contribution >= 0.6 is 0 Å². The molecule has 5 nitrogen and oxygen atoms in total. The van der Waals surface area contributed by atoms with E-state index in [2.05, 4.69) is 15.4 Å². The van der Waals surface area contributed by atoms with Gasteiger partial charge in [-0.25, -0.2) is 4.39 Å². The summed E-state index contributed by atoms with van der Waals surface area (Å²) < 4.78 is 18.6. The third-order valence-corrected chi connectivity index (χ3v) is 4.93. The smallest absolute Gasteiger partial charge is 0.256 e. The summed E-state index contributed by atoms with van der Waals surface area (Å²) >= 11 is 0. The van der Waals surface area contributed by atoms with Crippen LogP contribution in [0.15, 0.2) is 28.8 Å². The highest BCUT2D eigenvalue weighted by Gasteiger charge is 2.26. The van der Waals surface area contributed by atoms with Crippen molar-refractivity contribution < 1.29 is 13.7 Å². The number of benzene rings is 1. The number of aromatic nitrogens is 1. The average Bonchev–Trinajstić information content (AvgIpc) is 3.26. The molecule has 1 amide bonds. The number of amides is 1. The number of aryl methyl sites for hydroxylation is 1. The first-order chi connectivity index (χ1) is 12.5. The molecule has 1 saturated heterocycles. The fourth-order valence-electron chi connectivity index (χ4n) is 3.53. The molecule has 0 aliphatic carbocycles. The van der Waals surface area contributed by atoms with E-state index in [1.807, 2.05) is 13.8 Å². The topological polar surface area (TPSA) is 58.4 Å². The lowest BCUT2D eigenvalue weighted by molar-refractivity contribution is 0.0935. The summed E-state index contributed by atoms with van der Waals surface area (Å²) in [4.78, 5) is 15.1. The standard InChI is InChI=1S/C20H26FN3O2/c1-13(2)19-18(14(3)23-26-19)20(25)22-12-17(24-10-4-5-11-24)15-6-8-16(21)9-7-15/h6-9,13,17H,4-5,10-12H2,1-3H3,(H,22,25). The zero-order valence-electron chi connectivity index (χ0n) is 15.6. The fraction of sp³-hybridized carbons (Fsp3) is 0.500. The van der Waals surface area contributed by atoms with Gasteiger partial charge >= 0.3 is 0 Å². The first kappa shape index (κ1) is 18.6. The van der Waals surface area contributed by atoms with Crippen molar-refractivity contribution in [2.24, 2.45) is 0 Å². The van der Waals surface area contributed by atoms with E-state index in [1.54, 1.807) is 19.1 Å². The van der Waals surface area contributed by atoms with Crippen LogP contribution < -0.4 is 5.32 Å². The lowest BCUT2D eigenvalue weighted by atomic mass is 10.0. The second kappa shape index (κ2) is 7.99. The molecule has 1 atom stereocenters. The van der Waals surface area contributed by atoms with E-state index in [1.165, 1.54) is 12.1 Å². The molecule has 1 unspecified atom stereocenters. The first-order valence-electron chi connectivity index (χ1n) is 9.21. The minimum absolute atomic E-state index is 0.0321. The first-order valence-corrected chi connectivity index (χ1v) is 9.21. The number of rotatable bonds is 6. The molecule has 26 heavy (non-hydrogen) atoms. The number of nitrogens with zero attached hydrogens (tertiary/aromatic N) is 2. The maximum atomic E-state index is 13.3. The molecule has 0 bridgehead atoms. The number of halogens is 1. The Balaban J connectivity index is 1.76. The Labute approximate surface area is 153 Å². The molecule has 3 rings (SSSR count). The highest BCUT2D eigenvalue weighted by molar-refractivity contribution is 5.96. The van der Waals surface area contributed by atoms with Crippen LogP contribution in [0.25, 0.3) is 0 Å². The quantitative estimate of drug-likeness (QED) is 0.852. The van der Waals surface area contributed by atoms with Gasteiger partial charge in [0.25, 0.3) is 5.91 Å². The van der Waals surface area contributed by atoms with E-state index in [0.29, 0.717) is 23.6 Å². The Hall–Kier alpha value is -2.21. The third-order valence-electron chi connectivity index (χ3n) is 4.93.